The number of nitrogens with zero attached hydrogens (tertiary/aromatic N) is 2. The fourth-order valence-corrected chi connectivity index (χ4v) is 3.52. The highest BCUT2D eigenvalue weighted by Crippen LogP contribution is 2.27. The summed E-state index contributed by atoms with van der Waals surface area (Å²) in [6.07, 6.45) is 2.05. The second-order valence-corrected chi connectivity index (χ2v) is 6.85. The first-order chi connectivity index (χ1) is 13.3. The van der Waals surface area contributed by atoms with Crippen molar-refractivity contribution in [1.82, 2.24) is 19.9 Å². The molecule has 0 radical (unpaired) electrons. The molecule has 4 heteroatoms. The molecule has 4 nitrogen and oxygen atoms in total. The van der Waals surface area contributed by atoms with Crippen molar-refractivity contribution in [3.8, 4) is 22.5 Å². The van der Waals surface area contributed by atoms with E-state index in [1.54, 1.807) is 0 Å². The highest BCUT2D eigenvalue weighted by Gasteiger charge is 2.09. The van der Waals surface area contributed by atoms with Gasteiger partial charge in [0.1, 0.15) is 11.6 Å². The quantitative estimate of drug-likeness (QED) is 0.434. The molecule has 0 atom stereocenters. The molecule has 3 aromatic carbocycles. The molecule has 27 heavy (non-hydrogen) atoms. The predicted octanol–water partition coefficient (Wildman–Crippen LogP) is 5.73. The lowest BCUT2D eigenvalue weighted by Crippen LogP contribution is -1.84. The third kappa shape index (κ3) is 2.89. The second kappa shape index (κ2) is 6.40. The summed E-state index contributed by atoms with van der Waals surface area (Å²) >= 11 is 0. The first-order valence-corrected chi connectivity index (χ1v) is 9.34. The van der Waals surface area contributed by atoms with E-state index < -0.39 is 0 Å². The van der Waals surface area contributed by atoms with Crippen LogP contribution in [0.15, 0.2) is 66.7 Å². The zero-order chi connectivity index (χ0) is 18.2. The van der Waals surface area contributed by atoms with Crippen LogP contribution in [0.1, 0.15) is 19.2 Å². The van der Waals surface area contributed by atoms with Crippen LogP contribution in [0.5, 0.6) is 0 Å². The Morgan fingerprint density at radius 3 is 2.22 bits per heavy atom. The standard InChI is InChI=1S/C23H20N4/c1-2-6-22-24-18-12-10-17(14-20(18)25-22)23-26-19-11-9-16(13-21(19)27-23)15-7-4-3-5-8-15/h3-5,7-14H,2,6H2,1H3,(H,24,25)(H,26,27). The first kappa shape index (κ1) is 15.8. The van der Waals surface area contributed by atoms with Crippen molar-refractivity contribution < 1.29 is 0 Å². The van der Waals surface area contributed by atoms with Crippen LogP contribution < -0.4 is 0 Å². The van der Waals surface area contributed by atoms with Crippen LogP contribution in [-0.4, -0.2) is 19.9 Å². The monoisotopic (exact) mass is 352 g/mol. The Balaban J connectivity index is 1.55. The topological polar surface area (TPSA) is 57.4 Å². The largest absolute Gasteiger partial charge is 0.342 e. The Morgan fingerprint density at radius 2 is 1.41 bits per heavy atom. The van der Waals surface area contributed by atoms with E-state index in [1.807, 2.05) is 6.07 Å². The van der Waals surface area contributed by atoms with Crippen LogP contribution in [0.2, 0.25) is 0 Å². The zero-order valence-electron chi connectivity index (χ0n) is 15.2. The van der Waals surface area contributed by atoms with E-state index in [1.165, 1.54) is 11.1 Å². The molecule has 0 bridgehead atoms. The van der Waals surface area contributed by atoms with Gasteiger partial charge in [0, 0.05) is 12.0 Å². The number of H-pyrrole nitrogens is 2. The Hall–Kier alpha value is -3.40. The van der Waals surface area contributed by atoms with Gasteiger partial charge in [0.05, 0.1) is 22.1 Å². The maximum atomic E-state index is 4.78. The number of rotatable bonds is 4. The van der Waals surface area contributed by atoms with Gasteiger partial charge in [-0.2, -0.15) is 0 Å². The van der Waals surface area contributed by atoms with E-state index in [2.05, 4.69) is 82.5 Å². The first-order valence-electron chi connectivity index (χ1n) is 9.34. The van der Waals surface area contributed by atoms with Crippen molar-refractivity contribution in [2.45, 2.75) is 19.8 Å². The molecule has 0 saturated carbocycles. The van der Waals surface area contributed by atoms with Crippen LogP contribution >= 0.6 is 0 Å². The number of imidazole rings is 2. The van der Waals surface area contributed by atoms with E-state index in [-0.39, 0.29) is 0 Å². The summed E-state index contributed by atoms with van der Waals surface area (Å²) in [5.41, 5.74) is 7.53. The molecule has 0 unspecified atom stereocenters. The van der Waals surface area contributed by atoms with Crippen molar-refractivity contribution in [3.63, 3.8) is 0 Å². The molecule has 2 heterocycles. The molecule has 0 aliphatic heterocycles. The highest BCUT2D eigenvalue weighted by molar-refractivity contribution is 5.86. The fourth-order valence-electron chi connectivity index (χ4n) is 3.52. The average Bonchev–Trinajstić information content (AvgIpc) is 3.31. The predicted molar refractivity (Wildman–Crippen MR) is 111 cm³/mol. The second-order valence-electron chi connectivity index (χ2n) is 6.85. The summed E-state index contributed by atoms with van der Waals surface area (Å²) < 4.78 is 0. The maximum absolute atomic E-state index is 4.78. The third-order valence-corrected chi connectivity index (χ3v) is 4.88. The van der Waals surface area contributed by atoms with Gasteiger partial charge in [-0.1, -0.05) is 43.3 Å². The number of hydrogen-bond acceptors (Lipinski definition) is 2. The van der Waals surface area contributed by atoms with Crippen molar-refractivity contribution in [2.75, 3.05) is 0 Å². The molecular weight excluding hydrogens is 332 g/mol. The minimum atomic E-state index is 0.878. The van der Waals surface area contributed by atoms with E-state index >= 15 is 0 Å². The molecule has 5 rings (SSSR count). The van der Waals surface area contributed by atoms with E-state index in [9.17, 15) is 0 Å². The van der Waals surface area contributed by atoms with Crippen LogP contribution in [-0.2, 0) is 6.42 Å². The number of aryl methyl sites for hydroxylation is 1. The van der Waals surface area contributed by atoms with Crippen molar-refractivity contribution in [3.05, 3.63) is 72.6 Å². The molecular formula is C23H20N4. The van der Waals surface area contributed by atoms with Gasteiger partial charge in [0.25, 0.3) is 0 Å². The summed E-state index contributed by atoms with van der Waals surface area (Å²) in [5, 5.41) is 0. The summed E-state index contributed by atoms with van der Waals surface area (Å²) in [4.78, 5) is 16.3. The minimum Gasteiger partial charge on any atom is -0.342 e. The Morgan fingerprint density at radius 1 is 0.704 bits per heavy atom. The minimum absolute atomic E-state index is 0.878. The van der Waals surface area contributed by atoms with Crippen LogP contribution in [0.25, 0.3) is 44.6 Å². The number of nitrogens with one attached hydrogen (secondary N) is 2. The summed E-state index contributed by atoms with van der Waals surface area (Å²) in [7, 11) is 0. The molecule has 132 valence electrons. The lowest BCUT2D eigenvalue weighted by molar-refractivity contribution is 0.861. The normalized spacial score (nSPS) is 11.4. The SMILES string of the molecule is CCCc1nc2ccc(-c3nc4ccc(-c5ccccc5)cc4[nH]3)cc2[nH]1. The molecule has 2 N–H and O–H groups in total. The molecule has 0 fully saturated rings. The van der Waals surface area contributed by atoms with Gasteiger partial charge >= 0.3 is 0 Å². The Bertz CT molecular complexity index is 1230. The molecule has 0 spiro atoms. The fraction of sp³-hybridized carbons (Fsp3) is 0.130. The van der Waals surface area contributed by atoms with Crippen LogP contribution in [0.3, 0.4) is 0 Å². The number of aromatic amines is 2. The summed E-state index contributed by atoms with van der Waals surface area (Å²) in [6.45, 7) is 2.16. The molecule has 5 aromatic rings. The number of benzene rings is 3. The van der Waals surface area contributed by atoms with E-state index in [4.69, 9.17) is 4.98 Å². The lowest BCUT2D eigenvalue weighted by atomic mass is 10.1. The molecule has 0 aliphatic carbocycles. The third-order valence-electron chi connectivity index (χ3n) is 4.88. The molecule has 0 amide bonds. The maximum Gasteiger partial charge on any atom is 0.138 e. The smallest absolute Gasteiger partial charge is 0.138 e. The number of aromatic nitrogens is 4. The van der Waals surface area contributed by atoms with Crippen LogP contribution in [0.4, 0.5) is 0 Å². The molecule has 2 aromatic heterocycles. The molecule has 0 saturated heterocycles. The van der Waals surface area contributed by atoms with Gasteiger partial charge in [-0.05, 0) is 47.9 Å². The van der Waals surface area contributed by atoms with Crippen molar-refractivity contribution in [2.24, 2.45) is 0 Å². The zero-order valence-corrected chi connectivity index (χ0v) is 15.2. The number of fused-ring (bicyclic) bond motifs is 2. The highest BCUT2D eigenvalue weighted by atomic mass is 14.9. The van der Waals surface area contributed by atoms with E-state index in [0.717, 1.165) is 52.1 Å². The van der Waals surface area contributed by atoms with Gasteiger partial charge in [0.15, 0.2) is 0 Å². The lowest BCUT2D eigenvalue weighted by Gasteiger charge is -2.00. The van der Waals surface area contributed by atoms with Crippen molar-refractivity contribution in [1.29, 1.82) is 0 Å². The van der Waals surface area contributed by atoms with Gasteiger partial charge < -0.3 is 9.97 Å². The van der Waals surface area contributed by atoms with Crippen LogP contribution in [0, 0.1) is 0 Å². The van der Waals surface area contributed by atoms with Gasteiger partial charge in [-0.3, -0.25) is 0 Å². The van der Waals surface area contributed by atoms with Gasteiger partial charge in [-0.25, -0.2) is 9.97 Å². The summed E-state index contributed by atoms with van der Waals surface area (Å²) in [6, 6.07) is 23.0. The average molecular weight is 352 g/mol. The van der Waals surface area contributed by atoms with Gasteiger partial charge in [0.2, 0.25) is 0 Å². The summed E-state index contributed by atoms with van der Waals surface area (Å²) in [5.74, 6) is 1.92. The Kier molecular flexibility index (Phi) is 3.75. The van der Waals surface area contributed by atoms with Gasteiger partial charge in [-0.15, -0.1) is 0 Å². The number of hydrogen-bond donors (Lipinski definition) is 2. The van der Waals surface area contributed by atoms with Crippen molar-refractivity contribution >= 4 is 22.1 Å². The molecule has 0 aliphatic rings. The van der Waals surface area contributed by atoms with E-state index in [0.29, 0.717) is 0 Å². The Labute approximate surface area is 157 Å².